The maximum atomic E-state index is 12.8. The number of thiophene rings is 1. The highest BCUT2D eigenvalue weighted by molar-refractivity contribution is 7.91. The molecule has 0 radical (unpaired) electrons. The number of ether oxygens (including phenoxy) is 2. The smallest absolute Gasteiger partial charge is 0.348 e. The van der Waals surface area contributed by atoms with Crippen LogP contribution in [0.5, 0.6) is 5.75 Å². The van der Waals surface area contributed by atoms with E-state index < -0.39 is 16.0 Å². The maximum absolute atomic E-state index is 12.8. The minimum absolute atomic E-state index is 0.0625. The molecule has 2 heterocycles. The molecule has 1 fully saturated rings. The molecule has 1 aromatic rings. The summed E-state index contributed by atoms with van der Waals surface area (Å²) in [6.45, 7) is 1.84. The van der Waals surface area contributed by atoms with E-state index in [1.165, 1.54) is 24.6 Å². The fraction of sp³-hybridized carbons (Fsp3) is 0.643. The number of rotatable bonds is 6. The van der Waals surface area contributed by atoms with Crippen molar-refractivity contribution in [3.05, 3.63) is 10.9 Å². The molecule has 0 spiro atoms. The van der Waals surface area contributed by atoms with Crippen molar-refractivity contribution in [1.82, 2.24) is 9.62 Å². The van der Waals surface area contributed by atoms with Gasteiger partial charge in [0.25, 0.3) is 10.0 Å². The number of piperidine rings is 1. The average Bonchev–Trinajstić information content (AvgIpc) is 3.00. The predicted octanol–water partition coefficient (Wildman–Crippen LogP) is 1.16. The summed E-state index contributed by atoms with van der Waals surface area (Å²) in [5.41, 5.74) is 0. The second-order valence-corrected chi connectivity index (χ2v) is 8.55. The van der Waals surface area contributed by atoms with Crippen LogP contribution in [0.2, 0.25) is 0 Å². The Labute approximate surface area is 140 Å². The van der Waals surface area contributed by atoms with Gasteiger partial charge in [-0.05, 0) is 32.4 Å². The minimum Gasteiger partial charge on any atom is -0.494 e. The predicted molar refractivity (Wildman–Crippen MR) is 87.6 cm³/mol. The van der Waals surface area contributed by atoms with Gasteiger partial charge in [-0.2, -0.15) is 4.31 Å². The average molecular weight is 362 g/mol. The number of methoxy groups -OCH3 is 2. The van der Waals surface area contributed by atoms with Gasteiger partial charge in [0.2, 0.25) is 0 Å². The molecule has 9 heteroatoms. The first kappa shape index (κ1) is 18.2. The van der Waals surface area contributed by atoms with Gasteiger partial charge in [0.15, 0.2) is 9.96 Å². The van der Waals surface area contributed by atoms with Crippen LogP contribution in [0.3, 0.4) is 0 Å². The van der Waals surface area contributed by atoms with E-state index >= 15 is 0 Å². The van der Waals surface area contributed by atoms with Crippen LogP contribution in [-0.2, 0) is 14.8 Å². The first-order chi connectivity index (χ1) is 10.9. The second-order valence-electron chi connectivity index (χ2n) is 5.36. The van der Waals surface area contributed by atoms with Crippen molar-refractivity contribution in [3.63, 3.8) is 0 Å². The molecule has 1 saturated heterocycles. The third-order valence-electron chi connectivity index (χ3n) is 3.91. The molecule has 1 N–H and O–H groups in total. The molecule has 0 unspecified atom stereocenters. The molecular formula is C14H22N2O5S2. The molecule has 1 aliphatic heterocycles. The number of nitrogens with zero attached hydrogens (tertiary/aromatic N) is 1. The van der Waals surface area contributed by atoms with E-state index in [9.17, 15) is 13.2 Å². The summed E-state index contributed by atoms with van der Waals surface area (Å²) in [6, 6.07) is 1.41. The van der Waals surface area contributed by atoms with Crippen LogP contribution in [0.25, 0.3) is 0 Å². The molecule has 0 bridgehead atoms. The number of sulfonamides is 1. The third kappa shape index (κ3) is 3.85. The molecule has 0 aliphatic carbocycles. The van der Waals surface area contributed by atoms with Gasteiger partial charge >= 0.3 is 5.97 Å². The lowest BCUT2D eigenvalue weighted by molar-refractivity contribution is 0.0606. The van der Waals surface area contributed by atoms with Crippen molar-refractivity contribution < 1.29 is 22.7 Å². The number of nitrogens with one attached hydrogen (secondary N) is 1. The Morgan fingerprint density at radius 3 is 2.57 bits per heavy atom. The van der Waals surface area contributed by atoms with Crippen molar-refractivity contribution in [3.8, 4) is 5.75 Å². The normalized spacial score (nSPS) is 17.2. The summed E-state index contributed by atoms with van der Waals surface area (Å²) < 4.78 is 37.0. The van der Waals surface area contributed by atoms with E-state index in [-0.39, 0.29) is 14.8 Å². The molecule has 7 nitrogen and oxygen atoms in total. The zero-order valence-corrected chi connectivity index (χ0v) is 15.1. The Morgan fingerprint density at radius 1 is 1.39 bits per heavy atom. The van der Waals surface area contributed by atoms with Gasteiger partial charge in [0.05, 0.1) is 14.2 Å². The van der Waals surface area contributed by atoms with Crippen molar-refractivity contribution in [2.75, 3.05) is 40.9 Å². The van der Waals surface area contributed by atoms with Crippen LogP contribution >= 0.6 is 11.3 Å². The van der Waals surface area contributed by atoms with Crippen LogP contribution in [0.15, 0.2) is 10.3 Å². The summed E-state index contributed by atoms with van der Waals surface area (Å²) in [5, 5.41) is 3.13. The van der Waals surface area contributed by atoms with Crippen LogP contribution < -0.4 is 10.1 Å². The van der Waals surface area contributed by atoms with Crippen LogP contribution in [0.4, 0.5) is 0 Å². The Bertz CT molecular complexity index is 648. The van der Waals surface area contributed by atoms with E-state index in [0.717, 1.165) is 30.7 Å². The highest BCUT2D eigenvalue weighted by Crippen LogP contribution is 2.37. The Hall–Kier alpha value is -1.16. The zero-order valence-electron chi connectivity index (χ0n) is 13.5. The standard InChI is InChI=1S/C14H22N2O5S2/c1-15-9-10-4-6-16(7-5-10)23(18,19)14-11(20-2)8-12(22-14)13(17)21-3/h8,10,15H,4-7,9H2,1-3H3. The lowest BCUT2D eigenvalue weighted by atomic mass is 9.98. The second kappa shape index (κ2) is 7.61. The van der Waals surface area contributed by atoms with Gasteiger partial charge in [-0.15, -0.1) is 11.3 Å². The summed E-state index contributed by atoms with van der Waals surface area (Å²) in [7, 11) is 0.881. The highest BCUT2D eigenvalue weighted by Gasteiger charge is 2.34. The van der Waals surface area contributed by atoms with E-state index in [4.69, 9.17) is 4.74 Å². The van der Waals surface area contributed by atoms with Crippen LogP contribution in [0.1, 0.15) is 22.5 Å². The molecule has 23 heavy (non-hydrogen) atoms. The zero-order chi connectivity index (χ0) is 17.0. The Morgan fingerprint density at radius 2 is 2.04 bits per heavy atom. The van der Waals surface area contributed by atoms with Gasteiger partial charge in [-0.3, -0.25) is 0 Å². The largest absolute Gasteiger partial charge is 0.494 e. The Kier molecular flexibility index (Phi) is 6.01. The monoisotopic (exact) mass is 362 g/mol. The molecule has 1 aliphatic rings. The van der Waals surface area contributed by atoms with Gasteiger partial charge in [-0.1, -0.05) is 0 Å². The first-order valence-electron chi connectivity index (χ1n) is 7.35. The molecule has 1 aromatic heterocycles. The van der Waals surface area contributed by atoms with Crippen molar-refractivity contribution >= 4 is 27.3 Å². The molecule has 0 atom stereocenters. The number of carbonyl (C=O) groups is 1. The quantitative estimate of drug-likeness (QED) is 0.765. The number of esters is 1. The van der Waals surface area contributed by atoms with Crippen LogP contribution in [-0.4, -0.2) is 59.6 Å². The first-order valence-corrected chi connectivity index (χ1v) is 9.60. The van der Waals surface area contributed by atoms with Crippen molar-refractivity contribution in [2.45, 2.75) is 17.1 Å². The minimum atomic E-state index is -3.67. The third-order valence-corrected chi connectivity index (χ3v) is 7.40. The van der Waals surface area contributed by atoms with Gasteiger partial charge < -0.3 is 14.8 Å². The number of carbonyl (C=O) groups excluding carboxylic acids is 1. The SMILES string of the molecule is CNCC1CCN(S(=O)(=O)c2sc(C(=O)OC)cc2OC)CC1. The lowest BCUT2D eigenvalue weighted by Crippen LogP contribution is -2.40. The summed E-state index contributed by atoms with van der Waals surface area (Å²) in [4.78, 5) is 11.8. The lowest BCUT2D eigenvalue weighted by Gasteiger charge is -2.30. The van der Waals surface area contributed by atoms with Crippen molar-refractivity contribution in [1.29, 1.82) is 0 Å². The molecule has 2 rings (SSSR count). The molecule has 0 amide bonds. The Balaban J connectivity index is 2.23. The molecule has 0 saturated carbocycles. The number of hydrogen-bond donors (Lipinski definition) is 1. The summed E-state index contributed by atoms with van der Waals surface area (Å²) in [6.07, 6.45) is 1.63. The van der Waals surface area contributed by atoms with Gasteiger partial charge in [0, 0.05) is 19.2 Å². The summed E-state index contributed by atoms with van der Waals surface area (Å²) >= 11 is 0.887. The van der Waals surface area contributed by atoms with E-state index in [0.29, 0.717) is 19.0 Å². The van der Waals surface area contributed by atoms with Gasteiger partial charge in [0.1, 0.15) is 4.88 Å². The highest BCUT2D eigenvalue weighted by atomic mass is 32.2. The van der Waals surface area contributed by atoms with E-state index in [1.807, 2.05) is 7.05 Å². The fourth-order valence-corrected chi connectivity index (χ4v) is 5.75. The van der Waals surface area contributed by atoms with E-state index in [1.54, 1.807) is 0 Å². The van der Waals surface area contributed by atoms with Gasteiger partial charge in [-0.25, -0.2) is 13.2 Å². The van der Waals surface area contributed by atoms with Crippen LogP contribution in [0, 0.1) is 5.92 Å². The molecular weight excluding hydrogens is 340 g/mol. The topological polar surface area (TPSA) is 84.9 Å². The van der Waals surface area contributed by atoms with E-state index in [2.05, 4.69) is 10.1 Å². The molecule has 130 valence electrons. The summed E-state index contributed by atoms with van der Waals surface area (Å²) in [5.74, 6) is 0.109. The fourth-order valence-electron chi connectivity index (χ4n) is 2.64. The number of hydrogen-bond acceptors (Lipinski definition) is 7. The molecule has 0 aromatic carbocycles. The maximum Gasteiger partial charge on any atom is 0.348 e. The van der Waals surface area contributed by atoms with Crippen molar-refractivity contribution in [2.24, 2.45) is 5.92 Å².